The van der Waals surface area contributed by atoms with Crippen molar-refractivity contribution < 1.29 is 38.1 Å². The van der Waals surface area contributed by atoms with Crippen LogP contribution < -0.4 is 0 Å². The van der Waals surface area contributed by atoms with E-state index in [9.17, 15) is 19.2 Å². The minimum atomic E-state index is -1.19. The number of fused-ring (bicyclic) bond motifs is 2. The van der Waals surface area contributed by atoms with Crippen LogP contribution in [0.4, 0.5) is 0 Å². The van der Waals surface area contributed by atoms with E-state index in [0.717, 1.165) is 27.8 Å². The van der Waals surface area contributed by atoms with Gasteiger partial charge in [-0.05, 0) is 33.4 Å². The van der Waals surface area contributed by atoms with Crippen LogP contribution >= 0.6 is 0 Å². The van der Waals surface area contributed by atoms with E-state index >= 15 is 0 Å². The molecule has 8 nitrogen and oxygen atoms in total. The molecule has 0 spiro atoms. The lowest BCUT2D eigenvalue weighted by Crippen LogP contribution is -2.59. The summed E-state index contributed by atoms with van der Waals surface area (Å²) < 4.78 is 23.8. The Morgan fingerprint density at radius 2 is 0.648 bits per heavy atom. The van der Waals surface area contributed by atoms with Gasteiger partial charge in [-0.15, -0.1) is 0 Å². The van der Waals surface area contributed by atoms with Crippen LogP contribution in [0, 0.1) is 35.5 Å². The van der Waals surface area contributed by atoms with Crippen molar-refractivity contribution in [2.75, 3.05) is 0 Å². The molecule has 3 aliphatic rings. The average molecular weight is 721 g/mol. The molecule has 54 heavy (non-hydrogen) atoms. The second kappa shape index (κ2) is 17.0. The van der Waals surface area contributed by atoms with Crippen molar-refractivity contribution in [1.29, 1.82) is 0 Å². The van der Waals surface area contributed by atoms with Crippen molar-refractivity contribution >= 4 is 29.5 Å². The summed E-state index contributed by atoms with van der Waals surface area (Å²) >= 11 is 0. The second-order valence-corrected chi connectivity index (χ2v) is 13.6. The molecule has 8 rings (SSSR count). The number of benzene rings is 5. The highest BCUT2D eigenvalue weighted by Gasteiger charge is 2.64. The molecule has 0 saturated heterocycles. The summed E-state index contributed by atoms with van der Waals surface area (Å²) in [4.78, 5) is 57.9. The Morgan fingerprint density at radius 3 is 0.963 bits per heavy atom. The van der Waals surface area contributed by atoms with E-state index in [2.05, 4.69) is 0 Å². The van der Waals surface area contributed by atoms with E-state index in [1.807, 2.05) is 158 Å². The molecule has 0 N–H and O–H groups in total. The van der Waals surface area contributed by atoms with E-state index in [-0.39, 0.29) is 26.4 Å². The Bertz CT molecular complexity index is 1940. The van der Waals surface area contributed by atoms with Crippen molar-refractivity contribution in [1.82, 2.24) is 0 Å². The molecule has 1 saturated carbocycles. The Balaban J connectivity index is 1.31. The molecule has 4 atom stereocenters. The predicted molar refractivity (Wildman–Crippen MR) is 200 cm³/mol. The molecule has 0 aliphatic heterocycles. The van der Waals surface area contributed by atoms with Gasteiger partial charge in [-0.25, -0.2) is 0 Å². The highest BCUT2D eigenvalue weighted by molar-refractivity contribution is 5.95. The fourth-order valence-electron chi connectivity index (χ4n) is 7.70. The van der Waals surface area contributed by atoms with Gasteiger partial charge in [0.1, 0.15) is 26.4 Å². The summed E-state index contributed by atoms with van der Waals surface area (Å²) in [5, 5.41) is 0. The van der Waals surface area contributed by atoms with Gasteiger partial charge in [-0.2, -0.15) is 0 Å². The normalized spacial score (nSPS) is 21.3. The standard InChI is InChI=1S/C46H40O8/c47-43(51-27-31-16-6-1-7-17-31)39-37-26-36(35-24-14-5-15-25-35)38(41(39)45(49)53-29-33-20-10-3-11-21-33)42(46(50)54-30-34-22-12-4-13-23-34)40(37)44(48)52-28-32-18-8-2-9-19-32/h1-26,37-42H,27-30H2. The molecular formula is C46H40O8. The number of carbonyl (C=O) groups is 4. The van der Waals surface area contributed by atoms with Gasteiger partial charge in [0.15, 0.2) is 0 Å². The van der Waals surface area contributed by atoms with Crippen LogP contribution in [0.2, 0.25) is 0 Å². The first-order valence-corrected chi connectivity index (χ1v) is 18.1. The zero-order valence-corrected chi connectivity index (χ0v) is 29.6. The largest absolute Gasteiger partial charge is 0.461 e. The molecule has 0 amide bonds. The monoisotopic (exact) mass is 720 g/mol. The molecule has 4 unspecified atom stereocenters. The van der Waals surface area contributed by atoms with E-state index in [0.29, 0.717) is 5.57 Å². The zero-order valence-electron chi connectivity index (χ0n) is 29.6. The fraction of sp³-hybridized carbons (Fsp3) is 0.217. The summed E-state index contributed by atoms with van der Waals surface area (Å²) in [5.41, 5.74) is 4.45. The van der Waals surface area contributed by atoms with Gasteiger partial charge in [0.05, 0.1) is 23.7 Å². The second-order valence-electron chi connectivity index (χ2n) is 13.6. The van der Waals surface area contributed by atoms with Crippen molar-refractivity contribution in [2.24, 2.45) is 35.5 Å². The van der Waals surface area contributed by atoms with Crippen LogP contribution in [-0.4, -0.2) is 23.9 Å². The minimum Gasteiger partial charge on any atom is -0.461 e. The van der Waals surface area contributed by atoms with E-state index in [1.165, 1.54) is 0 Å². The van der Waals surface area contributed by atoms with E-state index < -0.39 is 59.4 Å². The molecule has 2 bridgehead atoms. The summed E-state index contributed by atoms with van der Waals surface area (Å²) in [5.74, 6) is -9.35. The van der Waals surface area contributed by atoms with Crippen LogP contribution in [0.5, 0.6) is 0 Å². The number of rotatable bonds is 13. The molecule has 0 aromatic heterocycles. The summed E-state index contributed by atoms with van der Waals surface area (Å²) in [6.45, 7) is -0.175. The number of ether oxygens (including phenoxy) is 4. The van der Waals surface area contributed by atoms with E-state index in [4.69, 9.17) is 18.9 Å². The highest BCUT2D eigenvalue weighted by atomic mass is 16.5. The third kappa shape index (κ3) is 8.18. The molecule has 0 radical (unpaired) electrons. The number of allylic oxidation sites excluding steroid dienone is 2. The number of hydrogen-bond donors (Lipinski definition) is 0. The molecular weight excluding hydrogens is 680 g/mol. The fourth-order valence-corrected chi connectivity index (χ4v) is 7.70. The molecule has 5 aromatic rings. The van der Waals surface area contributed by atoms with Crippen LogP contribution in [0.3, 0.4) is 0 Å². The SMILES string of the molecule is O=C(OCc1ccccc1)C1C2C=C(c3ccccc3)C(C1C(=O)OCc1ccccc1)C(C(=O)OCc1ccccc1)C2C(=O)OCc1ccccc1. The molecule has 1 fully saturated rings. The van der Waals surface area contributed by atoms with Crippen LogP contribution in [0.1, 0.15) is 27.8 Å². The molecule has 3 aliphatic carbocycles. The van der Waals surface area contributed by atoms with Crippen LogP contribution in [-0.2, 0) is 64.6 Å². The van der Waals surface area contributed by atoms with Crippen molar-refractivity contribution in [3.63, 3.8) is 0 Å². The Labute approximate surface area is 314 Å². The summed E-state index contributed by atoms with van der Waals surface area (Å²) in [7, 11) is 0. The first kappa shape index (κ1) is 36.1. The van der Waals surface area contributed by atoms with Crippen molar-refractivity contribution in [3.05, 3.63) is 186 Å². The number of hydrogen-bond acceptors (Lipinski definition) is 8. The number of carbonyl (C=O) groups excluding carboxylic acids is 4. The van der Waals surface area contributed by atoms with Gasteiger partial charge in [-0.1, -0.05) is 158 Å². The first-order valence-electron chi connectivity index (χ1n) is 18.1. The lowest BCUT2D eigenvalue weighted by atomic mass is 9.50. The Kier molecular flexibility index (Phi) is 11.4. The summed E-state index contributed by atoms with van der Waals surface area (Å²) in [6, 6.07) is 46.3. The van der Waals surface area contributed by atoms with Crippen LogP contribution in [0.25, 0.3) is 5.57 Å². The molecule has 5 aromatic carbocycles. The number of esters is 4. The lowest BCUT2D eigenvalue weighted by Gasteiger charge is -2.51. The molecule has 272 valence electrons. The van der Waals surface area contributed by atoms with E-state index in [1.54, 1.807) is 0 Å². The summed E-state index contributed by atoms with van der Waals surface area (Å²) in [6.07, 6.45) is 1.85. The Morgan fingerprint density at radius 1 is 0.370 bits per heavy atom. The minimum absolute atomic E-state index is 0.0414. The third-order valence-electron chi connectivity index (χ3n) is 10.2. The van der Waals surface area contributed by atoms with Gasteiger partial charge in [-0.3, -0.25) is 19.2 Å². The van der Waals surface area contributed by atoms with Gasteiger partial charge in [0.2, 0.25) is 0 Å². The first-order chi connectivity index (χ1) is 26.5. The zero-order chi connectivity index (χ0) is 37.3. The van der Waals surface area contributed by atoms with Crippen molar-refractivity contribution in [2.45, 2.75) is 26.4 Å². The average Bonchev–Trinajstić information content (AvgIpc) is 3.24. The maximum absolute atomic E-state index is 14.5. The topological polar surface area (TPSA) is 105 Å². The highest BCUT2D eigenvalue weighted by Crippen LogP contribution is 2.58. The predicted octanol–water partition coefficient (Wildman–Crippen LogP) is 7.77. The smallest absolute Gasteiger partial charge is 0.310 e. The van der Waals surface area contributed by atoms with Gasteiger partial charge in [0, 0.05) is 11.8 Å². The van der Waals surface area contributed by atoms with Crippen molar-refractivity contribution in [3.8, 4) is 0 Å². The molecule has 0 heterocycles. The van der Waals surface area contributed by atoms with Gasteiger partial charge >= 0.3 is 23.9 Å². The van der Waals surface area contributed by atoms with Gasteiger partial charge < -0.3 is 18.9 Å². The van der Waals surface area contributed by atoms with Crippen LogP contribution in [0.15, 0.2) is 158 Å². The molecule has 8 heteroatoms. The lowest BCUT2D eigenvalue weighted by molar-refractivity contribution is -0.186. The maximum atomic E-state index is 14.5. The quantitative estimate of drug-likeness (QED) is 0.0898. The van der Waals surface area contributed by atoms with Gasteiger partial charge in [0.25, 0.3) is 0 Å². The third-order valence-corrected chi connectivity index (χ3v) is 10.2. The maximum Gasteiger partial charge on any atom is 0.310 e. The Hall–Kier alpha value is -6.28.